The Bertz CT molecular complexity index is 655. The molecular weight excluding hydrogens is 264 g/mol. The molecule has 1 aliphatic heterocycles. The molecule has 108 valence electrons. The Labute approximate surface area is 124 Å². The van der Waals surface area contributed by atoms with Crippen molar-refractivity contribution in [3.05, 3.63) is 59.7 Å². The summed E-state index contributed by atoms with van der Waals surface area (Å²) in [7, 11) is 0. The Morgan fingerprint density at radius 1 is 1.14 bits per heavy atom. The minimum atomic E-state index is 0.00708. The van der Waals surface area contributed by atoms with Crippen molar-refractivity contribution in [1.29, 1.82) is 0 Å². The fourth-order valence-corrected chi connectivity index (χ4v) is 2.64. The molecule has 0 aromatic heterocycles. The first-order valence-corrected chi connectivity index (χ1v) is 7.11. The zero-order chi connectivity index (χ0) is 14.7. The lowest BCUT2D eigenvalue weighted by atomic mass is 10.1. The average molecular weight is 282 g/mol. The van der Waals surface area contributed by atoms with Crippen LogP contribution in [0, 0.1) is 0 Å². The van der Waals surface area contributed by atoms with Crippen molar-refractivity contribution in [3.63, 3.8) is 0 Å². The van der Waals surface area contributed by atoms with E-state index < -0.39 is 0 Å². The number of carbonyl (C=O) groups excluding carboxylic acids is 1. The molecule has 4 heteroatoms. The van der Waals surface area contributed by atoms with Crippen molar-refractivity contribution in [2.75, 3.05) is 18.0 Å². The predicted molar refractivity (Wildman–Crippen MR) is 82.3 cm³/mol. The molecule has 0 saturated heterocycles. The smallest absolute Gasteiger partial charge is 0.231 e. The van der Waals surface area contributed by atoms with Crippen LogP contribution in [0.5, 0.6) is 5.75 Å². The summed E-state index contributed by atoms with van der Waals surface area (Å²) in [6, 6.07) is 14.9. The van der Waals surface area contributed by atoms with Gasteiger partial charge < -0.3 is 15.3 Å². The molecule has 2 aromatic rings. The monoisotopic (exact) mass is 282 g/mol. The highest BCUT2D eigenvalue weighted by molar-refractivity contribution is 5.96. The molecule has 0 atom stereocenters. The lowest BCUT2D eigenvalue weighted by Crippen LogP contribution is -2.35. The van der Waals surface area contributed by atoms with E-state index in [0.717, 1.165) is 24.3 Å². The lowest BCUT2D eigenvalue weighted by molar-refractivity contribution is -0.118. The summed E-state index contributed by atoms with van der Waals surface area (Å²) in [6.45, 7) is 2.18. The van der Waals surface area contributed by atoms with Crippen LogP contribution < -0.4 is 10.2 Å². The van der Waals surface area contributed by atoms with E-state index in [-0.39, 0.29) is 18.1 Å². The number of phenols is 1. The fraction of sp³-hybridized carbons (Fsp3) is 0.235. The van der Waals surface area contributed by atoms with Gasteiger partial charge in [0, 0.05) is 30.9 Å². The van der Waals surface area contributed by atoms with Crippen molar-refractivity contribution >= 4 is 11.6 Å². The first-order chi connectivity index (χ1) is 10.3. The van der Waals surface area contributed by atoms with E-state index in [1.807, 2.05) is 35.2 Å². The third kappa shape index (κ3) is 2.90. The molecule has 2 N–H and O–H groups in total. The molecule has 0 spiro atoms. The Morgan fingerprint density at radius 3 is 2.76 bits per heavy atom. The lowest BCUT2D eigenvalue weighted by Gasteiger charge is -2.22. The van der Waals surface area contributed by atoms with Gasteiger partial charge in [-0.25, -0.2) is 0 Å². The zero-order valence-electron chi connectivity index (χ0n) is 11.7. The summed E-state index contributed by atoms with van der Waals surface area (Å²) >= 11 is 0. The molecule has 0 fully saturated rings. The van der Waals surface area contributed by atoms with Gasteiger partial charge in [-0.1, -0.05) is 36.4 Å². The van der Waals surface area contributed by atoms with E-state index in [1.54, 1.807) is 18.2 Å². The van der Waals surface area contributed by atoms with Crippen LogP contribution in [0.15, 0.2) is 48.5 Å². The van der Waals surface area contributed by atoms with Crippen molar-refractivity contribution in [2.45, 2.75) is 13.0 Å². The van der Waals surface area contributed by atoms with Gasteiger partial charge in [0.1, 0.15) is 5.75 Å². The Morgan fingerprint density at radius 2 is 1.90 bits per heavy atom. The summed E-state index contributed by atoms with van der Waals surface area (Å²) in [5.41, 5.74) is 2.75. The number of hydrogen-bond donors (Lipinski definition) is 2. The Balaban J connectivity index is 1.86. The number of hydrogen-bond acceptors (Lipinski definition) is 3. The Kier molecular flexibility index (Phi) is 3.88. The molecule has 1 amide bonds. The van der Waals surface area contributed by atoms with Crippen molar-refractivity contribution in [1.82, 2.24) is 5.32 Å². The normalized spacial score (nSPS) is 14.4. The highest BCUT2D eigenvalue weighted by atomic mass is 16.3. The second-order valence-corrected chi connectivity index (χ2v) is 5.16. The fourth-order valence-electron chi connectivity index (χ4n) is 2.64. The van der Waals surface area contributed by atoms with Crippen LogP contribution in [-0.2, 0) is 17.8 Å². The number of phenolic OH excluding ortho intramolecular Hbond substituents is 1. The largest absolute Gasteiger partial charge is 0.508 e. The minimum Gasteiger partial charge on any atom is -0.508 e. The highest BCUT2D eigenvalue weighted by Gasteiger charge is 2.21. The van der Waals surface area contributed by atoms with Crippen LogP contribution in [0.3, 0.4) is 0 Å². The maximum absolute atomic E-state index is 12.6. The van der Waals surface area contributed by atoms with Crippen LogP contribution in [0.25, 0.3) is 0 Å². The standard InChI is InChI=1S/C17H18N2O2/c20-16-8-4-2-5-13(16)11-17(21)19-10-9-18-12-14-6-1-3-7-15(14)19/h1-8,18,20H,9-12H2. The van der Waals surface area contributed by atoms with E-state index in [0.29, 0.717) is 12.1 Å². The molecule has 0 saturated carbocycles. The summed E-state index contributed by atoms with van der Waals surface area (Å²) in [6.07, 6.45) is 0.209. The molecule has 0 unspecified atom stereocenters. The molecule has 0 aliphatic carbocycles. The first kappa shape index (κ1) is 13.6. The van der Waals surface area contributed by atoms with Crippen LogP contribution >= 0.6 is 0 Å². The molecule has 0 radical (unpaired) electrons. The van der Waals surface area contributed by atoms with Gasteiger partial charge in [-0.15, -0.1) is 0 Å². The van der Waals surface area contributed by atoms with Crippen LogP contribution in [0.2, 0.25) is 0 Å². The van der Waals surface area contributed by atoms with E-state index >= 15 is 0 Å². The summed E-state index contributed by atoms with van der Waals surface area (Å²) < 4.78 is 0. The number of para-hydroxylation sites is 2. The number of aromatic hydroxyl groups is 1. The molecule has 1 heterocycles. The van der Waals surface area contributed by atoms with Gasteiger partial charge in [0.2, 0.25) is 5.91 Å². The van der Waals surface area contributed by atoms with Gasteiger partial charge in [-0.05, 0) is 17.7 Å². The van der Waals surface area contributed by atoms with Gasteiger partial charge in [0.05, 0.1) is 6.42 Å². The van der Waals surface area contributed by atoms with E-state index in [2.05, 4.69) is 5.32 Å². The molecule has 3 rings (SSSR count). The second kappa shape index (κ2) is 5.97. The zero-order valence-corrected chi connectivity index (χ0v) is 11.7. The summed E-state index contributed by atoms with van der Waals surface area (Å²) in [5.74, 6) is 0.180. The molecular formula is C17H18N2O2. The van der Waals surface area contributed by atoms with Crippen molar-refractivity contribution in [3.8, 4) is 5.75 Å². The highest BCUT2D eigenvalue weighted by Crippen LogP contribution is 2.24. The predicted octanol–water partition coefficient (Wildman–Crippen LogP) is 2.07. The molecule has 2 aromatic carbocycles. The molecule has 1 aliphatic rings. The number of rotatable bonds is 2. The minimum absolute atomic E-state index is 0.00708. The van der Waals surface area contributed by atoms with Crippen LogP contribution in [-0.4, -0.2) is 24.1 Å². The van der Waals surface area contributed by atoms with Crippen molar-refractivity contribution < 1.29 is 9.90 Å². The van der Waals surface area contributed by atoms with Gasteiger partial charge in [0.15, 0.2) is 0 Å². The van der Waals surface area contributed by atoms with E-state index in [1.165, 1.54) is 0 Å². The number of nitrogens with one attached hydrogen (secondary N) is 1. The Hall–Kier alpha value is -2.33. The van der Waals surface area contributed by atoms with E-state index in [9.17, 15) is 9.90 Å². The quantitative estimate of drug-likeness (QED) is 0.886. The first-order valence-electron chi connectivity index (χ1n) is 7.11. The molecule has 21 heavy (non-hydrogen) atoms. The third-order valence-corrected chi connectivity index (χ3v) is 3.74. The third-order valence-electron chi connectivity index (χ3n) is 3.74. The van der Waals surface area contributed by atoms with Gasteiger partial charge >= 0.3 is 0 Å². The maximum Gasteiger partial charge on any atom is 0.231 e. The number of carbonyl (C=O) groups is 1. The average Bonchev–Trinajstić information content (AvgIpc) is 2.72. The number of benzene rings is 2. The van der Waals surface area contributed by atoms with Crippen LogP contribution in [0.1, 0.15) is 11.1 Å². The number of nitrogens with zero attached hydrogens (tertiary/aromatic N) is 1. The molecule has 4 nitrogen and oxygen atoms in total. The summed E-state index contributed by atoms with van der Waals surface area (Å²) in [4.78, 5) is 14.4. The second-order valence-electron chi connectivity index (χ2n) is 5.16. The maximum atomic E-state index is 12.6. The SMILES string of the molecule is O=C(Cc1ccccc1O)N1CCNCc2ccccc21. The van der Waals surface area contributed by atoms with E-state index in [4.69, 9.17) is 0 Å². The number of amides is 1. The van der Waals surface area contributed by atoms with Crippen molar-refractivity contribution in [2.24, 2.45) is 0 Å². The number of fused-ring (bicyclic) bond motifs is 1. The number of anilines is 1. The summed E-state index contributed by atoms with van der Waals surface area (Å²) in [5, 5.41) is 13.1. The van der Waals surface area contributed by atoms with Gasteiger partial charge in [0.25, 0.3) is 0 Å². The van der Waals surface area contributed by atoms with Gasteiger partial charge in [-0.2, -0.15) is 0 Å². The van der Waals surface area contributed by atoms with Crippen LogP contribution in [0.4, 0.5) is 5.69 Å². The topological polar surface area (TPSA) is 52.6 Å². The van der Waals surface area contributed by atoms with Gasteiger partial charge in [-0.3, -0.25) is 4.79 Å². The molecule has 0 bridgehead atoms.